The maximum atomic E-state index is 6.00. The third-order valence-electron chi connectivity index (χ3n) is 2.60. The van der Waals surface area contributed by atoms with Crippen LogP contribution in [0.15, 0.2) is 24.4 Å². The zero-order valence-corrected chi connectivity index (χ0v) is 10.5. The normalized spacial score (nSPS) is 11.5. The van der Waals surface area contributed by atoms with Gasteiger partial charge in [0.1, 0.15) is 0 Å². The van der Waals surface area contributed by atoms with Crippen LogP contribution in [0.3, 0.4) is 0 Å². The highest BCUT2D eigenvalue weighted by atomic mass is 35.5. The lowest BCUT2D eigenvalue weighted by Gasteiger charge is -2.08. The van der Waals surface area contributed by atoms with Gasteiger partial charge in [-0.2, -0.15) is 12.6 Å². The molecule has 1 heterocycles. The topological polar surface area (TPSA) is 4.93 Å². The molecule has 0 aliphatic carbocycles. The van der Waals surface area contributed by atoms with E-state index < -0.39 is 0 Å². The van der Waals surface area contributed by atoms with Crippen LogP contribution in [-0.2, 0) is 5.75 Å². The van der Waals surface area contributed by atoms with E-state index in [-0.39, 0.29) is 0 Å². The van der Waals surface area contributed by atoms with E-state index in [0.717, 1.165) is 10.8 Å². The second-order valence-corrected chi connectivity index (χ2v) is 4.73. The third-order valence-corrected chi connectivity index (χ3v) is 3.18. The number of hydrogen-bond acceptors (Lipinski definition) is 1. The second-order valence-electron chi connectivity index (χ2n) is 3.97. The minimum absolute atomic E-state index is 0.460. The van der Waals surface area contributed by atoms with Crippen LogP contribution < -0.4 is 0 Å². The summed E-state index contributed by atoms with van der Waals surface area (Å²) >= 11 is 10.3. The van der Waals surface area contributed by atoms with Crippen LogP contribution in [0.25, 0.3) is 10.9 Å². The highest BCUT2D eigenvalue weighted by molar-refractivity contribution is 7.79. The largest absolute Gasteiger partial charge is 0.345 e. The lowest BCUT2D eigenvalue weighted by atomic mass is 10.2. The second kappa shape index (κ2) is 4.11. The number of thiol groups is 1. The van der Waals surface area contributed by atoms with Crippen LogP contribution in [0.5, 0.6) is 0 Å². The number of fused-ring (bicyclic) bond motifs is 1. The van der Waals surface area contributed by atoms with E-state index in [0.29, 0.717) is 6.04 Å². The molecular weight excluding hydrogens is 226 g/mol. The van der Waals surface area contributed by atoms with Crippen molar-refractivity contribution in [2.24, 2.45) is 0 Å². The van der Waals surface area contributed by atoms with Crippen molar-refractivity contribution in [2.45, 2.75) is 25.6 Å². The Morgan fingerprint density at radius 1 is 1.40 bits per heavy atom. The molecule has 0 atom stereocenters. The molecule has 1 nitrogen and oxygen atoms in total. The SMILES string of the molecule is CC(C)n1cc(CS)c2cc(Cl)ccc21. The van der Waals surface area contributed by atoms with Crippen LogP contribution in [0, 0.1) is 0 Å². The first-order valence-corrected chi connectivity index (χ1v) is 6.04. The van der Waals surface area contributed by atoms with E-state index in [1.54, 1.807) is 0 Å². The number of rotatable bonds is 2. The quantitative estimate of drug-likeness (QED) is 0.746. The zero-order valence-electron chi connectivity index (χ0n) is 8.87. The Morgan fingerprint density at radius 3 is 2.73 bits per heavy atom. The van der Waals surface area contributed by atoms with Crippen molar-refractivity contribution in [1.29, 1.82) is 0 Å². The van der Waals surface area contributed by atoms with Gasteiger partial charge in [0.2, 0.25) is 0 Å². The molecule has 0 saturated heterocycles. The van der Waals surface area contributed by atoms with E-state index in [1.807, 2.05) is 12.1 Å². The molecule has 0 radical (unpaired) electrons. The Labute approximate surface area is 100 Å². The maximum Gasteiger partial charge on any atom is 0.0486 e. The fraction of sp³-hybridized carbons (Fsp3) is 0.333. The van der Waals surface area contributed by atoms with Crippen LogP contribution in [0.2, 0.25) is 5.02 Å². The summed E-state index contributed by atoms with van der Waals surface area (Å²) in [5, 5.41) is 2.00. The summed E-state index contributed by atoms with van der Waals surface area (Å²) in [5.74, 6) is 0.747. The smallest absolute Gasteiger partial charge is 0.0486 e. The average Bonchev–Trinajstić information content (AvgIpc) is 2.55. The van der Waals surface area contributed by atoms with Crippen molar-refractivity contribution in [3.05, 3.63) is 35.0 Å². The molecule has 2 rings (SSSR count). The molecule has 80 valence electrons. The molecule has 0 spiro atoms. The minimum atomic E-state index is 0.460. The van der Waals surface area contributed by atoms with Crippen LogP contribution in [-0.4, -0.2) is 4.57 Å². The van der Waals surface area contributed by atoms with Crippen LogP contribution in [0.1, 0.15) is 25.5 Å². The van der Waals surface area contributed by atoms with Gasteiger partial charge in [0.05, 0.1) is 0 Å². The third kappa shape index (κ3) is 1.88. The summed E-state index contributed by atoms with van der Waals surface area (Å²) in [4.78, 5) is 0. The van der Waals surface area contributed by atoms with Gasteiger partial charge in [0.25, 0.3) is 0 Å². The lowest BCUT2D eigenvalue weighted by Crippen LogP contribution is -1.97. The first-order valence-electron chi connectivity index (χ1n) is 5.03. The molecule has 3 heteroatoms. The van der Waals surface area contributed by atoms with E-state index >= 15 is 0 Å². The molecule has 0 aliphatic heterocycles. The summed E-state index contributed by atoms with van der Waals surface area (Å²) in [6.45, 7) is 4.35. The first-order chi connectivity index (χ1) is 7.13. The summed E-state index contributed by atoms with van der Waals surface area (Å²) in [6, 6.07) is 6.49. The van der Waals surface area contributed by atoms with Gasteiger partial charge in [0, 0.05) is 33.9 Å². The summed E-state index contributed by atoms with van der Waals surface area (Å²) < 4.78 is 2.26. The molecule has 0 bridgehead atoms. The van der Waals surface area contributed by atoms with E-state index in [1.165, 1.54) is 16.5 Å². The molecule has 2 aromatic rings. The standard InChI is InChI=1S/C12H14ClNS/c1-8(2)14-6-9(7-15)11-5-10(13)3-4-12(11)14/h3-6,8,15H,7H2,1-2H3. The summed E-state index contributed by atoms with van der Waals surface area (Å²) in [5.41, 5.74) is 2.47. The van der Waals surface area contributed by atoms with Crippen molar-refractivity contribution < 1.29 is 0 Å². The van der Waals surface area contributed by atoms with Crippen molar-refractivity contribution in [3.63, 3.8) is 0 Å². The van der Waals surface area contributed by atoms with Gasteiger partial charge in [-0.15, -0.1) is 0 Å². The molecule has 0 aliphatic rings. The van der Waals surface area contributed by atoms with Gasteiger partial charge >= 0.3 is 0 Å². The van der Waals surface area contributed by atoms with Gasteiger partial charge in [-0.25, -0.2) is 0 Å². The van der Waals surface area contributed by atoms with Gasteiger partial charge < -0.3 is 4.57 Å². The molecule has 0 N–H and O–H groups in total. The highest BCUT2D eigenvalue weighted by Crippen LogP contribution is 2.28. The minimum Gasteiger partial charge on any atom is -0.345 e. The van der Waals surface area contributed by atoms with E-state index in [2.05, 4.69) is 43.3 Å². The number of hydrogen-bond donors (Lipinski definition) is 1. The maximum absolute atomic E-state index is 6.00. The van der Waals surface area contributed by atoms with Crippen molar-refractivity contribution in [3.8, 4) is 0 Å². The van der Waals surface area contributed by atoms with Crippen molar-refractivity contribution >= 4 is 35.1 Å². The molecule has 1 aromatic heterocycles. The van der Waals surface area contributed by atoms with Crippen molar-refractivity contribution in [1.82, 2.24) is 4.57 Å². The molecular formula is C12H14ClNS. The van der Waals surface area contributed by atoms with Gasteiger partial charge in [-0.3, -0.25) is 0 Å². The molecule has 0 saturated carbocycles. The zero-order chi connectivity index (χ0) is 11.0. The number of aromatic nitrogens is 1. The monoisotopic (exact) mass is 239 g/mol. The Morgan fingerprint density at radius 2 is 2.13 bits per heavy atom. The lowest BCUT2D eigenvalue weighted by molar-refractivity contribution is 0.622. The fourth-order valence-electron chi connectivity index (χ4n) is 1.85. The molecule has 0 unspecified atom stereocenters. The van der Waals surface area contributed by atoms with Gasteiger partial charge in [0.15, 0.2) is 0 Å². The Kier molecular flexibility index (Phi) is 2.98. The van der Waals surface area contributed by atoms with Gasteiger partial charge in [-0.1, -0.05) is 11.6 Å². The number of benzene rings is 1. The number of nitrogens with zero attached hydrogens (tertiary/aromatic N) is 1. The average molecular weight is 240 g/mol. The predicted octanol–water partition coefficient (Wildman–Crippen LogP) is 4.31. The van der Waals surface area contributed by atoms with E-state index in [4.69, 9.17) is 11.6 Å². The van der Waals surface area contributed by atoms with Gasteiger partial charge in [-0.05, 0) is 37.6 Å². The predicted molar refractivity (Wildman–Crippen MR) is 70.0 cm³/mol. The Balaban J connectivity index is 2.75. The molecule has 0 fully saturated rings. The fourth-order valence-corrected chi connectivity index (χ4v) is 2.27. The van der Waals surface area contributed by atoms with Crippen LogP contribution in [0.4, 0.5) is 0 Å². The summed E-state index contributed by atoms with van der Waals surface area (Å²) in [6.07, 6.45) is 2.17. The Hall–Kier alpha value is -0.600. The van der Waals surface area contributed by atoms with E-state index in [9.17, 15) is 0 Å². The summed E-state index contributed by atoms with van der Waals surface area (Å²) in [7, 11) is 0. The molecule has 1 aromatic carbocycles. The van der Waals surface area contributed by atoms with Crippen LogP contribution >= 0.6 is 24.2 Å². The number of halogens is 1. The molecule has 0 amide bonds. The Bertz CT molecular complexity index is 488. The first kappa shape index (κ1) is 10.9. The highest BCUT2D eigenvalue weighted by Gasteiger charge is 2.09. The van der Waals surface area contributed by atoms with Crippen molar-refractivity contribution in [2.75, 3.05) is 0 Å². The molecule has 15 heavy (non-hydrogen) atoms.